The number of amides is 1. The van der Waals surface area contributed by atoms with Crippen LogP contribution in [0.4, 0.5) is 0 Å². The third-order valence-electron chi connectivity index (χ3n) is 4.68. The Labute approximate surface area is 163 Å². The maximum atomic E-state index is 12.6. The second-order valence-corrected chi connectivity index (χ2v) is 7.31. The largest absolute Gasteiger partial charge is 0.437 e. The molecular weight excluding hydrogens is 373 g/mol. The molecule has 138 valence electrons. The number of carbonyl (C=O) groups excluding carboxylic acids is 1. The van der Waals surface area contributed by atoms with E-state index < -0.39 is 0 Å². The van der Waals surface area contributed by atoms with Crippen molar-refractivity contribution in [3.05, 3.63) is 52.1 Å². The zero-order valence-electron chi connectivity index (χ0n) is 14.5. The number of nitrogens with zero attached hydrogens (tertiary/aromatic N) is 2. The number of pyridine rings is 1. The average molecular weight is 394 g/mol. The number of hydrogen-bond donors (Lipinski definition) is 1. The van der Waals surface area contributed by atoms with E-state index in [1.54, 1.807) is 30.3 Å². The number of ether oxygens (including phenoxy) is 1. The second kappa shape index (κ2) is 8.25. The van der Waals surface area contributed by atoms with Crippen LogP contribution in [0.1, 0.15) is 30.1 Å². The van der Waals surface area contributed by atoms with E-state index >= 15 is 0 Å². The molecule has 0 bridgehead atoms. The van der Waals surface area contributed by atoms with Crippen LogP contribution in [-0.4, -0.2) is 34.9 Å². The number of carbonyl (C=O) groups is 1. The molecule has 0 aliphatic carbocycles. The SMILES string of the molecule is CC(N)C1CCN(C(=O)c2ccc(Oc3cccc(Cl)c3Cl)nc2)CC1. The van der Waals surface area contributed by atoms with Gasteiger partial charge in [-0.25, -0.2) is 4.98 Å². The summed E-state index contributed by atoms with van der Waals surface area (Å²) in [5.41, 5.74) is 6.49. The van der Waals surface area contributed by atoms with E-state index in [0.29, 0.717) is 33.2 Å². The average Bonchev–Trinajstić information content (AvgIpc) is 2.65. The van der Waals surface area contributed by atoms with Crippen molar-refractivity contribution in [3.8, 4) is 11.6 Å². The standard InChI is InChI=1S/C19H21Cl2N3O2/c1-12(22)13-7-9-24(10-8-13)19(25)14-5-6-17(23-11-14)26-16-4-2-3-15(20)18(16)21/h2-6,11-13H,7-10,22H2,1H3. The summed E-state index contributed by atoms with van der Waals surface area (Å²) in [7, 11) is 0. The van der Waals surface area contributed by atoms with Gasteiger partial charge in [0.1, 0.15) is 10.8 Å². The van der Waals surface area contributed by atoms with E-state index in [2.05, 4.69) is 4.98 Å². The maximum absolute atomic E-state index is 12.6. The summed E-state index contributed by atoms with van der Waals surface area (Å²) in [5.74, 6) is 1.23. The topological polar surface area (TPSA) is 68.5 Å². The molecule has 3 rings (SSSR count). The fourth-order valence-electron chi connectivity index (χ4n) is 3.05. The molecular formula is C19H21Cl2N3O2. The number of aromatic nitrogens is 1. The zero-order valence-corrected chi connectivity index (χ0v) is 16.0. The van der Waals surface area contributed by atoms with Gasteiger partial charge < -0.3 is 15.4 Å². The minimum absolute atomic E-state index is 0.0204. The van der Waals surface area contributed by atoms with Gasteiger partial charge in [0.2, 0.25) is 5.88 Å². The lowest BCUT2D eigenvalue weighted by Gasteiger charge is -2.33. The molecule has 2 aromatic rings. The third-order valence-corrected chi connectivity index (χ3v) is 5.49. The molecule has 1 aliphatic heterocycles. The van der Waals surface area contributed by atoms with Crippen LogP contribution < -0.4 is 10.5 Å². The monoisotopic (exact) mass is 393 g/mol. The first kappa shape index (κ1) is 19.0. The molecule has 1 aliphatic rings. The summed E-state index contributed by atoms with van der Waals surface area (Å²) in [6.45, 7) is 3.47. The molecule has 0 radical (unpaired) electrons. The Bertz CT molecular complexity index is 773. The Hall–Kier alpha value is -1.82. The minimum Gasteiger partial charge on any atom is -0.437 e. The van der Waals surface area contributed by atoms with E-state index in [-0.39, 0.29) is 11.9 Å². The molecule has 1 saturated heterocycles. The van der Waals surface area contributed by atoms with E-state index in [1.165, 1.54) is 6.20 Å². The number of rotatable bonds is 4. The summed E-state index contributed by atoms with van der Waals surface area (Å²) >= 11 is 12.1. The van der Waals surface area contributed by atoms with Crippen LogP contribution >= 0.6 is 23.2 Å². The normalized spacial score (nSPS) is 16.4. The Balaban J connectivity index is 1.64. The van der Waals surface area contributed by atoms with Gasteiger partial charge >= 0.3 is 0 Å². The minimum atomic E-state index is -0.0204. The molecule has 1 fully saturated rings. The molecule has 26 heavy (non-hydrogen) atoms. The molecule has 0 spiro atoms. The number of benzene rings is 1. The predicted octanol–water partition coefficient (Wildman–Crippen LogP) is 4.38. The van der Waals surface area contributed by atoms with Crippen molar-refractivity contribution < 1.29 is 9.53 Å². The molecule has 0 saturated carbocycles. The quantitative estimate of drug-likeness (QED) is 0.836. The van der Waals surface area contributed by atoms with Crippen molar-refractivity contribution >= 4 is 29.1 Å². The van der Waals surface area contributed by atoms with Crippen LogP contribution in [0.5, 0.6) is 11.6 Å². The lowest BCUT2D eigenvalue weighted by molar-refractivity contribution is 0.0680. The fraction of sp³-hybridized carbons (Fsp3) is 0.368. The smallest absolute Gasteiger partial charge is 0.255 e. The highest BCUT2D eigenvalue weighted by Gasteiger charge is 2.25. The van der Waals surface area contributed by atoms with Gasteiger partial charge in [-0.2, -0.15) is 0 Å². The molecule has 1 atom stereocenters. The van der Waals surface area contributed by atoms with Crippen LogP contribution in [0.15, 0.2) is 36.5 Å². The molecule has 7 heteroatoms. The number of nitrogens with two attached hydrogens (primary N) is 1. The van der Waals surface area contributed by atoms with Gasteiger partial charge in [-0.05, 0) is 43.9 Å². The van der Waals surface area contributed by atoms with Crippen molar-refractivity contribution in [2.45, 2.75) is 25.8 Å². The second-order valence-electron chi connectivity index (χ2n) is 6.53. The Kier molecular flexibility index (Phi) is 6.01. The van der Waals surface area contributed by atoms with E-state index in [4.69, 9.17) is 33.7 Å². The molecule has 5 nitrogen and oxygen atoms in total. The van der Waals surface area contributed by atoms with Gasteiger partial charge in [0, 0.05) is 31.4 Å². The number of piperidine rings is 1. The first-order chi connectivity index (χ1) is 12.5. The summed E-state index contributed by atoms with van der Waals surface area (Å²) in [6, 6.07) is 8.66. The van der Waals surface area contributed by atoms with Gasteiger partial charge in [-0.15, -0.1) is 0 Å². The molecule has 1 aromatic carbocycles. The maximum Gasteiger partial charge on any atom is 0.255 e. The molecule has 2 heterocycles. The summed E-state index contributed by atoms with van der Waals surface area (Å²) in [5, 5.41) is 0.735. The zero-order chi connectivity index (χ0) is 18.7. The van der Waals surface area contributed by atoms with Crippen LogP contribution in [0.25, 0.3) is 0 Å². The summed E-state index contributed by atoms with van der Waals surface area (Å²) < 4.78 is 5.64. The van der Waals surface area contributed by atoms with Gasteiger partial charge in [0.15, 0.2) is 0 Å². The Morgan fingerprint density at radius 2 is 2.00 bits per heavy atom. The Morgan fingerprint density at radius 3 is 2.62 bits per heavy atom. The van der Waals surface area contributed by atoms with Gasteiger partial charge in [-0.1, -0.05) is 29.3 Å². The van der Waals surface area contributed by atoms with Crippen molar-refractivity contribution in [3.63, 3.8) is 0 Å². The van der Waals surface area contributed by atoms with Crippen LogP contribution in [-0.2, 0) is 0 Å². The molecule has 1 aromatic heterocycles. The Morgan fingerprint density at radius 1 is 1.27 bits per heavy atom. The lowest BCUT2D eigenvalue weighted by Crippen LogP contribution is -2.42. The predicted molar refractivity (Wildman–Crippen MR) is 103 cm³/mol. The number of hydrogen-bond acceptors (Lipinski definition) is 4. The van der Waals surface area contributed by atoms with E-state index in [9.17, 15) is 4.79 Å². The van der Waals surface area contributed by atoms with Gasteiger partial charge in [-0.3, -0.25) is 4.79 Å². The summed E-state index contributed by atoms with van der Waals surface area (Å²) in [6.07, 6.45) is 3.39. The molecule has 2 N–H and O–H groups in total. The van der Waals surface area contributed by atoms with Crippen molar-refractivity contribution in [1.29, 1.82) is 0 Å². The number of halogens is 2. The van der Waals surface area contributed by atoms with Crippen LogP contribution in [0, 0.1) is 5.92 Å². The summed E-state index contributed by atoms with van der Waals surface area (Å²) in [4.78, 5) is 18.7. The first-order valence-corrected chi connectivity index (χ1v) is 9.34. The highest BCUT2D eigenvalue weighted by atomic mass is 35.5. The van der Waals surface area contributed by atoms with Gasteiger partial charge in [0.25, 0.3) is 5.91 Å². The highest BCUT2D eigenvalue weighted by molar-refractivity contribution is 6.42. The highest BCUT2D eigenvalue weighted by Crippen LogP contribution is 2.34. The fourth-order valence-corrected chi connectivity index (χ4v) is 3.38. The molecule has 1 unspecified atom stereocenters. The van der Waals surface area contributed by atoms with Crippen molar-refractivity contribution in [2.75, 3.05) is 13.1 Å². The number of likely N-dealkylation sites (tertiary alicyclic amines) is 1. The van der Waals surface area contributed by atoms with Crippen molar-refractivity contribution in [2.24, 2.45) is 11.7 Å². The van der Waals surface area contributed by atoms with Crippen LogP contribution in [0.3, 0.4) is 0 Å². The van der Waals surface area contributed by atoms with Gasteiger partial charge in [0.05, 0.1) is 10.6 Å². The van der Waals surface area contributed by atoms with Crippen molar-refractivity contribution in [1.82, 2.24) is 9.88 Å². The first-order valence-electron chi connectivity index (χ1n) is 8.58. The lowest BCUT2D eigenvalue weighted by atomic mass is 9.91. The van der Waals surface area contributed by atoms with E-state index in [0.717, 1.165) is 25.9 Å². The van der Waals surface area contributed by atoms with E-state index in [1.807, 2.05) is 11.8 Å². The third kappa shape index (κ3) is 4.29. The molecule has 1 amide bonds. The van der Waals surface area contributed by atoms with Crippen LogP contribution in [0.2, 0.25) is 10.0 Å².